The van der Waals surface area contributed by atoms with Crippen molar-refractivity contribution in [3.05, 3.63) is 28.8 Å². The normalized spacial score (nSPS) is 18.7. The van der Waals surface area contributed by atoms with Gasteiger partial charge >= 0.3 is 0 Å². The molecule has 1 heterocycles. The fourth-order valence-corrected chi connectivity index (χ4v) is 2.35. The first kappa shape index (κ1) is 13.2. The minimum atomic E-state index is -0.319. The van der Waals surface area contributed by atoms with Crippen LogP contribution in [0.5, 0.6) is 0 Å². The second-order valence-electron chi connectivity index (χ2n) is 5.06. The fraction of sp³-hybridized carbons (Fsp3) is 0.462. The van der Waals surface area contributed by atoms with Crippen LogP contribution in [0.25, 0.3) is 0 Å². The van der Waals surface area contributed by atoms with E-state index in [-0.39, 0.29) is 11.4 Å². The third-order valence-corrected chi connectivity index (χ3v) is 3.43. The van der Waals surface area contributed by atoms with Gasteiger partial charge in [-0.25, -0.2) is 0 Å². The van der Waals surface area contributed by atoms with Gasteiger partial charge in [-0.3, -0.25) is 4.79 Å². The van der Waals surface area contributed by atoms with Gasteiger partial charge < -0.3 is 15.4 Å². The molecule has 1 aliphatic rings. The lowest BCUT2D eigenvalue weighted by Gasteiger charge is -2.42. The smallest absolute Gasteiger partial charge is 0.255 e. The molecule has 0 aliphatic carbocycles. The number of nitrogens with two attached hydrogens (primary N) is 1. The Hall–Kier alpha value is -1.26. The van der Waals surface area contributed by atoms with Crippen molar-refractivity contribution in [2.24, 2.45) is 0 Å². The summed E-state index contributed by atoms with van der Waals surface area (Å²) in [5, 5.41) is 0.391. The molecule has 2 N–H and O–H groups in total. The number of carbonyl (C=O) groups excluding carboxylic acids is 1. The Morgan fingerprint density at radius 1 is 1.50 bits per heavy atom. The monoisotopic (exact) mass is 268 g/mol. The molecule has 18 heavy (non-hydrogen) atoms. The average Bonchev–Trinajstić information content (AvgIpc) is 2.27. The number of nitrogens with zero attached hydrogens (tertiary/aromatic N) is 1. The number of nitrogen functional groups attached to an aromatic ring is 1. The molecule has 1 saturated heterocycles. The number of benzene rings is 1. The molecule has 1 fully saturated rings. The lowest BCUT2D eigenvalue weighted by atomic mass is 10.0. The zero-order valence-electron chi connectivity index (χ0n) is 10.6. The second-order valence-corrected chi connectivity index (χ2v) is 5.47. The standard InChI is InChI=1S/C13H17ClN2O2/c1-13(2)8-18-6-5-16(13)12(17)10-4-3-9(15)7-11(10)14/h3-4,7H,5-6,8,15H2,1-2H3. The van der Waals surface area contributed by atoms with E-state index < -0.39 is 0 Å². The molecule has 5 heteroatoms. The summed E-state index contributed by atoms with van der Waals surface area (Å²) in [5.41, 5.74) is 6.35. The largest absolute Gasteiger partial charge is 0.399 e. The van der Waals surface area contributed by atoms with E-state index in [1.165, 1.54) is 0 Å². The number of ether oxygens (including phenoxy) is 1. The summed E-state index contributed by atoms with van der Waals surface area (Å²) in [6.07, 6.45) is 0. The topological polar surface area (TPSA) is 55.6 Å². The van der Waals surface area contributed by atoms with Crippen molar-refractivity contribution in [2.75, 3.05) is 25.5 Å². The summed E-state index contributed by atoms with van der Waals surface area (Å²) in [4.78, 5) is 14.3. The lowest BCUT2D eigenvalue weighted by Crippen LogP contribution is -2.55. The molecular weight excluding hydrogens is 252 g/mol. The van der Waals surface area contributed by atoms with Gasteiger partial charge in [0.15, 0.2) is 0 Å². The van der Waals surface area contributed by atoms with E-state index in [0.717, 1.165) is 0 Å². The van der Waals surface area contributed by atoms with Crippen molar-refractivity contribution in [1.29, 1.82) is 0 Å². The van der Waals surface area contributed by atoms with Crippen LogP contribution in [0.2, 0.25) is 5.02 Å². The highest BCUT2D eigenvalue weighted by molar-refractivity contribution is 6.34. The van der Waals surface area contributed by atoms with Gasteiger partial charge in [0.05, 0.1) is 29.3 Å². The number of rotatable bonds is 1. The summed E-state index contributed by atoms with van der Waals surface area (Å²) < 4.78 is 5.40. The lowest BCUT2D eigenvalue weighted by molar-refractivity contribution is -0.0370. The predicted molar refractivity (Wildman–Crippen MR) is 71.8 cm³/mol. The highest BCUT2D eigenvalue weighted by Gasteiger charge is 2.35. The summed E-state index contributed by atoms with van der Waals surface area (Å²) in [6.45, 7) is 5.63. The molecule has 0 atom stereocenters. The number of amides is 1. The molecule has 1 aromatic carbocycles. The van der Waals surface area contributed by atoms with Crippen molar-refractivity contribution >= 4 is 23.2 Å². The third-order valence-electron chi connectivity index (χ3n) is 3.11. The van der Waals surface area contributed by atoms with Gasteiger partial charge in [0.1, 0.15) is 0 Å². The van der Waals surface area contributed by atoms with Crippen LogP contribution >= 0.6 is 11.6 Å². The van der Waals surface area contributed by atoms with Gasteiger partial charge in [-0.1, -0.05) is 11.6 Å². The molecule has 2 rings (SSSR count). The van der Waals surface area contributed by atoms with E-state index in [0.29, 0.717) is 36.0 Å². The van der Waals surface area contributed by atoms with Crippen LogP contribution < -0.4 is 5.73 Å². The predicted octanol–water partition coefficient (Wildman–Crippen LogP) is 2.17. The first-order valence-corrected chi connectivity index (χ1v) is 6.24. The molecule has 1 aliphatic heterocycles. The molecule has 0 bridgehead atoms. The van der Waals surface area contributed by atoms with E-state index in [2.05, 4.69) is 0 Å². The van der Waals surface area contributed by atoms with Crippen LogP contribution in [0.3, 0.4) is 0 Å². The van der Waals surface area contributed by atoms with E-state index >= 15 is 0 Å². The minimum absolute atomic E-state index is 0.0756. The van der Waals surface area contributed by atoms with Gasteiger partial charge in [0, 0.05) is 12.2 Å². The molecule has 0 unspecified atom stereocenters. The maximum absolute atomic E-state index is 12.5. The molecule has 0 saturated carbocycles. The van der Waals surface area contributed by atoms with Gasteiger partial charge in [-0.05, 0) is 32.0 Å². The first-order valence-electron chi connectivity index (χ1n) is 5.86. The van der Waals surface area contributed by atoms with E-state index in [4.69, 9.17) is 22.1 Å². The summed E-state index contributed by atoms with van der Waals surface area (Å²) in [6, 6.07) is 4.96. The highest BCUT2D eigenvalue weighted by atomic mass is 35.5. The molecule has 1 amide bonds. The minimum Gasteiger partial charge on any atom is -0.399 e. The van der Waals surface area contributed by atoms with E-state index in [1.54, 1.807) is 23.1 Å². The maximum Gasteiger partial charge on any atom is 0.255 e. The SMILES string of the molecule is CC1(C)COCCN1C(=O)c1ccc(N)cc1Cl. The summed E-state index contributed by atoms with van der Waals surface area (Å²) in [7, 11) is 0. The van der Waals surface area contributed by atoms with Crippen LogP contribution in [-0.2, 0) is 4.74 Å². The van der Waals surface area contributed by atoms with Crippen molar-refractivity contribution in [3.63, 3.8) is 0 Å². The first-order chi connectivity index (χ1) is 8.42. The highest BCUT2D eigenvalue weighted by Crippen LogP contribution is 2.26. The number of anilines is 1. The Morgan fingerprint density at radius 2 is 2.22 bits per heavy atom. The maximum atomic E-state index is 12.5. The van der Waals surface area contributed by atoms with Crippen molar-refractivity contribution < 1.29 is 9.53 Å². The van der Waals surface area contributed by atoms with Crippen LogP contribution in [0.1, 0.15) is 24.2 Å². The Balaban J connectivity index is 2.30. The summed E-state index contributed by atoms with van der Waals surface area (Å²) >= 11 is 6.08. The van der Waals surface area contributed by atoms with Gasteiger partial charge in [0.25, 0.3) is 5.91 Å². The zero-order valence-corrected chi connectivity index (χ0v) is 11.3. The number of hydrogen-bond acceptors (Lipinski definition) is 3. The third kappa shape index (κ3) is 2.44. The number of carbonyl (C=O) groups is 1. The van der Waals surface area contributed by atoms with E-state index in [1.807, 2.05) is 13.8 Å². The Labute approximate surface area is 112 Å². The van der Waals surface area contributed by atoms with Gasteiger partial charge in [-0.2, -0.15) is 0 Å². The average molecular weight is 269 g/mol. The Kier molecular flexibility index (Phi) is 3.50. The van der Waals surface area contributed by atoms with Gasteiger partial charge in [0.2, 0.25) is 0 Å². The Morgan fingerprint density at radius 3 is 2.83 bits per heavy atom. The molecule has 0 aromatic heterocycles. The number of halogens is 1. The molecule has 98 valence electrons. The molecule has 0 radical (unpaired) electrons. The van der Waals surface area contributed by atoms with Crippen molar-refractivity contribution in [1.82, 2.24) is 4.90 Å². The second kappa shape index (κ2) is 4.78. The van der Waals surface area contributed by atoms with Crippen LogP contribution in [-0.4, -0.2) is 36.1 Å². The van der Waals surface area contributed by atoms with Gasteiger partial charge in [-0.15, -0.1) is 0 Å². The number of morpholine rings is 1. The molecule has 1 aromatic rings. The fourth-order valence-electron chi connectivity index (χ4n) is 2.08. The molecule has 0 spiro atoms. The quantitative estimate of drug-likeness (QED) is 0.794. The van der Waals surface area contributed by atoms with Crippen LogP contribution in [0, 0.1) is 0 Å². The number of hydrogen-bond donors (Lipinski definition) is 1. The van der Waals surface area contributed by atoms with Crippen LogP contribution in [0.15, 0.2) is 18.2 Å². The van der Waals surface area contributed by atoms with E-state index in [9.17, 15) is 4.79 Å². The zero-order chi connectivity index (χ0) is 13.3. The summed E-state index contributed by atoms with van der Waals surface area (Å²) in [5.74, 6) is -0.0756. The Bertz CT molecular complexity index is 474. The van der Waals surface area contributed by atoms with Crippen molar-refractivity contribution in [2.45, 2.75) is 19.4 Å². The molecule has 4 nitrogen and oxygen atoms in total. The van der Waals surface area contributed by atoms with Crippen molar-refractivity contribution in [3.8, 4) is 0 Å². The van der Waals surface area contributed by atoms with Crippen LogP contribution in [0.4, 0.5) is 5.69 Å². The molecular formula is C13H17ClN2O2.